The maximum atomic E-state index is 11.9. The van der Waals surface area contributed by atoms with E-state index < -0.39 is 5.97 Å². The van der Waals surface area contributed by atoms with E-state index in [0.29, 0.717) is 5.70 Å². The Morgan fingerprint density at radius 3 is 2.54 bits per heavy atom. The number of hydrogen-bond donors (Lipinski definition) is 0. The number of aryl methyl sites for hydroxylation is 1. The van der Waals surface area contributed by atoms with Gasteiger partial charge in [-0.1, -0.05) is 48.0 Å². The summed E-state index contributed by atoms with van der Waals surface area (Å²) >= 11 is 0. The minimum atomic E-state index is -0.449. The first kappa shape index (κ1) is 15.7. The second-order valence-electron chi connectivity index (χ2n) is 5.36. The molecule has 0 spiro atoms. The van der Waals surface area contributed by atoms with Crippen LogP contribution < -0.4 is 4.74 Å². The van der Waals surface area contributed by atoms with Crippen molar-refractivity contribution in [3.05, 3.63) is 77.0 Å². The molecule has 2 aromatic carbocycles. The van der Waals surface area contributed by atoms with Gasteiger partial charge in [0.15, 0.2) is 5.70 Å². The third-order valence-electron chi connectivity index (χ3n) is 3.56. The zero-order valence-corrected chi connectivity index (χ0v) is 13.5. The highest BCUT2D eigenvalue weighted by atomic mass is 16.6. The normalized spacial score (nSPS) is 15.7. The molecule has 2 aromatic rings. The third-order valence-corrected chi connectivity index (χ3v) is 3.56. The van der Waals surface area contributed by atoms with Crippen LogP contribution in [-0.4, -0.2) is 19.0 Å². The van der Waals surface area contributed by atoms with Gasteiger partial charge in [-0.2, -0.15) is 0 Å². The van der Waals surface area contributed by atoms with Gasteiger partial charge in [0.05, 0.1) is 7.11 Å². The highest BCUT2D eigenvalue weighted by Gasteiger charge is 2.21. The minimum Gasteiger partial charge on any atom is -0.496 e. The summed E-state index contributed by atoms with van der Waals surface area (Å²) < 4.78 is 10.5. The van der Waals surface area contributed by atoms with Gasteiger partial charge in [0.25, 0.3) is 0 Å². The van der Waals surface area contributed by atoms with Crippen LogP contribution in [0.5, 0.6) is 5.75 Å². The number of carbonyl (C=O) groups excluding carboxylic acids is 1. The Kier molecular flexibility index (Phi) is 4.57. The van der Waals surface area contributed by atoms with Gasteiger partial charge in [0.1, 0.15) is 5.75 Å². The van der Waals surface area contributed by atoms with E-state index >= 15 is 0 Å². The lowest BCUT2D eigenvalue weighted by molar-refractivity contribution is -0.129. The molecule has 0 amide bonds. The SMILES string of the molecule is COc1ccccc1/C=C/C1=NC(=C\c2ccc(C)cc2)/C(=O)O1. The molecule has 0 unspecified atom stereocenters. The maximum absolute atomic E-state index is 11.9. The lowest BCUT2D eigenvalue weighted by Crippen LogP contribution is -2.01. The molecule has 0 N–H and O–H groups in total. The highest BCUT2D eigenvalue weighted by molar-refractivity contribution is 6.11. The Bertz CT molecular complexity index is 845. The smallest absolute Gasteiger partial charge is 0.363 e. The van der Waals surface area contributed by atoms with E-state index in [1.165, 1.54) is 0 Å². The number of benzene rings is 2. The quantitative estimate of drug-likeness (QED) is 0.632. The number of cyclic esters (lactones) is 1. The number of rotatable bonds is 4. The molecule has 0 saturated carbocycles. The van der Waals surface area contributed by atoms with Crippen LogP contribution in [0, 0.1) is 6.92 Å². The van der Waals surface area contributed by atoms with Crippen molar-refractivity contribution in [1.29, 1.82) is 0 Å². The largest absolute Gasteiger partial charge is 0.496 e. The van der Waals surface area contributed by atoms with Crippen LogP contribution in [0.3, 0.4) is 0 Å². The van der Waals surface area contributed by atoms with E-state index in [9.17, 15) is 4.79 Å². The molecule has 0 atom stereocenters. The molecule has 4 nitrogen and oxygen atoms in total. The molecule has 1 aliphatic heterocycles. The van der Waals surface area contributed by atoms with Gasteiger partial charge in [-0.25, -0.2) is 9.79 Å². The predicted octanol–water partition coefficient (Wildman–Crippen LogP) is 4.01. The second kappa shape index (κ2) is 6.96. The zero-order chi connectivity index (χ0) is 16.9. The molecule has 1 heterocycles. The number of nitrogens with zero attached hydrogens (tertiary/aromatic N) is 1. The number of carbonyl (C=O) groups is 1. The van der Waals surface area contributed by atoms with Crippen molar-refractivity contribution in [3.8, 4) is 5.75 Å². The van der Waals surface area contributed by atoms with Crippen LogP contribution in [0.1, 0.15) is 16.7 Å². The van der Waals surface area contributed by atoms with E-state index in [1.54, 1.807) is 25.3 Å². The maximum Gasteiger partial charge on any atom is 0.363 e. The first-order valence-electron chi connectivity index (χ1n) is 7.56. The standard InChI is InChI=1S/C20H17NO3/c1-14-7-9-15(10-8-14)13-17-20(22)24-19(21-17)12-11-16-5-3-4-6-18(16)23-2/h3-13H,1-2H3/b12-11+,17-13-. The molecule has 120 valence electrons. The Balaban J connectivity index is 1.81. The van der Waals surface area contributed by atoms with Crippen molar-refractivity contribution in [2.24, 2.45) is 4.99 Å². The summed E-state index contributed by atoms with van der Waals surface area (Å²) in [5.74, 6) is 0.564. The van der Waals surface area contributed by atoms with Crippen molar-refractivity contribution in [2.45, 2.75) is 6.92 Å². The molecule has 0 aliphatic carbocycles. The minimum absolute atomic E-state index is 0.268. The van der Waals surface area contributed by atoms with Crippen LogP contribution >= 0.6 is 0 Å². The fourth-order valence-corrected chi connectivity index (χ4v) is 2.28. The Morgan fingerprint density at radius 1 is 1.04 bits per heavy atom. The summed E-state index contributed by atoms with van der Waals surface area (Å²) in [5.41, 5.74) is 3.24. The van der Waals surface area contributed by atoms with Crippen molar-refractivity contribution in [1.82, 2.24) is 0 Å². The van der Waals surface area contributed by atoms with E-state index in [0.717, 1.165) is 22.4 Å². The van der Waals surface area contributed by atoms with Crippen LogP contribution in [-0.2, 0) is 9.53 Å². The molecule has 0 aromatic heterocycles. The molecule has 24 heavy (non-hydrogen) atoms. The van der Waals surface area contributed by atoms with Crippen LogP contribution in [0.25, 0.3) is 12.2 Å². The lowest BCUT2D eigenvalue weighted by Gasteiger charge is -2.02. The van der Waals surface area contributed by atoms with Gasteiger partial charge in [-0.15, -0.1) is 0 Å². The lowest BCUT2D eigenvalue weighted by atomic mass is 10.1. The second-order valence-corrected chi connectivity index (χ2v) is 5.36. The van der Waals surface area contributed by atoms with E-state index in [1.807, 2.05) is 55.5 Å². The van der Waals surface area contributed by atoms with E-state index in [-0.39, 0.29) is 5.90 Å². The molecule has 0 fully saturated rings. The van der Waals surface area contributed by atoms with Gasteiger partial charge < -0.3 is 9.47 Å². The molecule has 3 rings (SSSR count). The van der Waals surface area contributed by atoms with Crippen LogP contribution in [0.4, 0.5) is 0 Å². The Morgan fingerprint density at radius 2 is 1.79 bits per heavy atom. The van der Waals surface area contributed by atoms with Gasteiger partial charge in [0, 0.05) is 11.6 Å². The van der Waals surface area contributed by atoms with Crippen LogP contribution in [0.15, 0.2) is 65.3 Å². The van der Waals surface area contributed by atoms with Crippen molar-refractivity contribution in [3.63, 3.8) is 0 Å². The van der Waals surface area contributed by atoms with Gasteiger partial charge in [-0.05, 0) is 30.7 Å². The first-order valence-corrected chi connectivity index (χ1v) is 7.56. The Hall–Kier alpha value is -3.14. The summed E-state index contributed by atoms with van der Waals surface area (Å²) in [6.45, 7) is 2.01. The number of methoxy groups -OCH3 is 1. The summed E-state index contributed by atoms with van der Waals surface area (Å²) in [5, 5.41) is 0. The molecule has 0 radical (unpaired) electrons. The number of para-hydroxylation sites is 1. The van der Waals surface area contributed by atoms with Crippen molar-refractivity contribution < 1.29 is 14.3 Å². The zero-order valence-electron chi connectivity index (χ0n) is 13.5. The summed E-state index contributed by atoms with van der Waals surface area (Å²) in [6.07, 6.45) is 5.18. The number of esters is 1. The summed E-state index contributed by atoms with van der Waals surface area (Å²) in [6, 6.07) is 15.4. The predicted molar refractivity (Wildman–Crippen MR) is 94.7 cm³/mol. The highest BCUT2D eigenvalue weighted by Crippen LogP contribution is 2.20. The average molecular weight is 319 g/mol. The van der Waals surface area contributed by atoms with Crippen molar-refractivity contribution >= 4 is 24.0 Å². The van der Waals surface area contributed by atoms with Gasteiger partial charge >= 0.3 is 5.97 Å². The number of aliphatic imine (C=N–C) groups is 1. The fourth-order valence-electron chi connectivity index (χ4n) is 2.28. The Labute approximate surface area is 140 Å². The van der Waals surface area contributed by atoms with E-state index in [4.69, 9.17) is 9.47 Å². The average Bonchev–Trinajstić information content (AvgIpc) is 2.95. The van der Waals surface area contributed by atoms with Crippen molar-refractivity contribution in [2.75, 3.05) is 7.11 Å². The van der Waals surface area contributed by atoms with Crippen LogP contribution in [0.2, 0.25) is 0 Å². The van der Waals surface area contributed by atoms with Gasteiger partial charge in [-0.3, -0.25) is 0 Å². The molecule has 0 saturated heterocycles. The molecular formula is C20H17NO3. The number of hydrogen-bond acceptors (Lipinski definition) is 4. The molecular weight excluding hydrogens is 302 g/mol. The summed E-state index contributed by atoms with van der Waals surface area (Å²) in [4.78, 5) is 16.2. The molecule has 4 heteroatoms. The third kappa shape index (κ3) is 3.60. The number of ether oxygens (including phenoxy) is 2. The molecule has 0 bridgehead atoms. The fraction of sp³-hybridized carbons (Fsp3) is 0.100. The van der Waals surface area contributed by atoms with Gasteiger partial charge in [0.2, 0.25) is 5.90 Å². The molecule has 1 aliphatic rings. The summed E-state index contributed by atoms with van der Waals surface area (Å²) in [7, 11) is 1.61. The monoisotopic (exact) mass is 319 g/mol. The topological polar surface area (TPSA) is 47.9 Å². The van der Waals surface area contributed by atoms with E-state index in [2.05, 4.69) is 4.99 Å². The first-order chi connectivity index (χ1) is 11.7.